The summed E-state index contributed by atoms with van der Waals surface area (Å²) >= 11 is 0. The topological polar surface area (TPSA) is 118 Å². The number of unbranched alkanes of at least 4 members (excludes halogenated alkanes) is 1. The van der Waals surface area contributed by atoms with Crippen LogP contribution in [0.1, 0.15) is 31.7 Å². The molecule has 0 aliphatic rings. The van der Waals surface area contributed by atoms with Crippen LogP contribution in [0.4, 0.5) is 18.6 Å². The molecule has 0 bridgehead atoms. The van der Waals surface area contributed by atoms with E-state index in [9.17, 15) is 25.9 Å². The van der Waals surface area contributed by atoms with Crippen molar-refractivity contribution in [2.24, 2.45) is 5.92 Å². The minimum absolute atomic E-state index is 0.0376. The fourth-order valence-corrected chi connectivity index (χ4v) is 3.75. The van der Waals surface area contributed by atoms with Gasteiger partial charge in [0.2, 0.25) is 5.91 Å². The van der Waals surface area contributed by atoms with Crippen molar-refractivity contribution < 1.29 is 25.9 Å². The van der Waals surface area contributed by atoms with Crippen LogP contribution >= 0.6 is 0 Å². The Morgan fingerprint density at radius 3 is 2.47 bits per heavy atom. The molecular weight excluding hydrogens is 447 g/mol. The third-order valence-electron chi connectivity index (χ3n) is 4.90. The van der Waals surface area contributed by atoms with E-state index in [1.54, 1.807) is 0 Å². The van der Waals surface area contributed by atoms with Crippen LogP contribution in [0.15, 0.2) is 41.3 Å². The Hall–Kier alpha value is -3.28. The lowest BCUT2D eigenvalue weighted by Gasteiger charge is -2.17. The number of aromatic nitrogens is 4. The predicted molar refractivity (Wildman–Crippen MR) is 110 cm³/mol. The van der Waals surface area contributed by atoms with Crippen LogP contribution < -0.4 is 5.32 Å². The number of nitrogens with zero attached hydrogens (tertiary/aromatic N) is 3. The summed E-state index contributed by atoms with van der Waals surface area (Å²) < 4.78 is 65.2. The molecule has 0 unspecified atom stereocenters. The van der Waals surface area contributed by atoms with Gasteiger partial charge in [0.1, 0.15) is 11.6 Å². The highest BCUT2D eigenvalue weighted by Crippen LogP contribution is 2.29. The summed E-state index contributed by atoms with van der Waals surface area (Å²) in [6, 6.07) is 6.76. The van der Waals surface area contributed by atoms with Crippen molar-refractivity contribution >= 4 is 22.1 Å². The second kappa shape index (κ2) is 9.90. The van der Waals surface area contributed by atoms with Crippen LogP contribution in [-0.2, 0) is 21.4 Å². The third-order valence-corrected chi connectivity index (χ3v) is 5.71. The molecule has 0 fully saturated rings. The van der Waals surface area contributed by atoms with E-state index in [1.165, 1.54) is 12.1 Å². The highest BCUT2D eigenvalue weighted by Gasteiger charge is 2.24. The molecule has 0 aliphatic carbocycles. The van der Waals surface area contributed by atoms with E-state index in [4.69, 9.17) is 0 Å². The lowest BCUT2D eigenvalue weighted by molar-refractivity contribution is -0.120. The lowest BCUT2D eigenvalue weighted by atomic mass is 9.91. The van der Waals surface area contributed by atoms with Crippen molar-refractivity contribution in [1.82, 2.24) is 20.6 Å². The van der Waals surface area contributed by atoms with Crippen molar-refractivity contribution in [3.05, 3.63) is 53.6 Å². The highest BCUT2D eigenvalue weighted by molar-refractivity contribution is 7.86. The summed E-state index contributed by atoms with van der Waals surface area (Å²) in [5.74, 6) is -3.09. The van der Waals surface area contributed by atoms with Crippen LogP contribution in [-0.4, -0.2) is 34.9 Å². The van der Waals surface area contributed by atoms with Gasteiger partial charge in [-0.1, -0.05) is 37.0 Å². The third kappa shape index (κ3) is 5.69. The SMILES string of the molecule is CCCC[C@@H](Cc1c(F)cc(-c2cccc(S(=O)(=O)F)c2)cc1F)C(=O)Nc1nn[nH]n1. The number of hydrogen-bond acceptors (Lipinski definition) is 6. The van der Waals surface area contributed by atoms with Gasteiger partial charge in [0.15, 0.2) is 0 Å². The molecule has 2 aromatic carbocycles. The average molecular weight is 467 g/mol. The first-order valence-corrected chi connectivity index (χ1v) is 11.1. The summed E-state index contributed by atoms with van der Waals surface area (Å²) in [5.41, 5.74) is -0.117. The number of aromatic amines is 1. The van der Waals surface area contributed by atoms with E-state index in [0.29, 0.717) is 12.8 Å². The van der Waals surface area contributed by atoms with E-state index in [1.807, 2.05) is 6.92 Å². The smallest absolute Gasteiger partial charge is 0.292 e. The second-order valence-electron chi connectivity index (χ2n) is 7.15. The van der Waals surface area contributed by atoms with Crippen LogP contribution in [0.5, 0.6) is 0 Å². The maximum Gasteiger partial charge on any atom is 0.332 e. The largest absolute Gasteiger partial charge is 0.332 e. The minimum Gasteiger partial charge on any atom is -0.292 e. The van der Waals surface area contributed by atoms with E-state index >= 15 is 0 Å². The number of rotatable bonds is 9. The minimum atomic E-state index is -4.97. The number of nitrogens with one attached hydrogen (secondary N) is 2. The maximum absolute atomic E-state index is 14.9. The Morgan fingerprint density at radius 1 is 1.16 bits per heavy atom. The molecule has 0 aliphatic heterocycles. The number of carbonyl (C=O) groups is 1. The van der Waals surface area contributed by atoms with Gasteiger partial charge in [-0.05, 0) is 53.4 Å². The van der Waals surface area contributed by atoms with E-state index < -0.39 is 38.6 Å². The summed E-state index contributed by atoms with van der Waals surface area (Å²) in [6.07, 6.45) is 1.62. The van der Waals surface area contributed by atoms with Gasteiger partial charge in [-0.15, -0.1) is 8.98 Å². The zero-order valence-electron chi connectivity index (χ0n) is 17.0. The first kappa shape index (κ1) is 23.4. The molecule has 1 heterocycles. The second-order valence-corrected chi connectivity index (χ2v) is 8.50. The molecule has 2 N–H and O–H groups in total. The molecule has 0 radical (unpaired) electrons. The molecule has 3 rings (SSSR count). The van der Waals surface area contributed by atoms with Crippen LogP contribution in [0.3, 0.4) is 0 Å². The zero-order valence-corrected chi connectivity index (χ0v) is 17.8. The Kier molecular flexibility index (Phi) is 7.23. The number of anilines is 1. The monoisotopic (exact) mass is 467 g/mol. The summed E-state index contributed by atoms with van der Waals surface area (Å²) in [6.45, 7) is 1.93. The van der Waals surface area contributed by atoms with Crippen LogP contribution in [0.2, 0.25) is 0 Å². The van der Waals surface area contributed by atoms with Crippen molar-refractivity contribution in [2.75, 3.05) is 5.32 Å². The molecule has 3 aromatic rings. The van der Waals surface area contributed by atoms with Gasteiger partial charge in [-0.25, -0.2) is 8.78 Å². The number of amides is 1. The summed E-state index contributed by atoms with van der Waals surface area (Å²) in [5, 5.41) is 15.3. The quantitative estimate of drug-likeness (QED) is 0.463. The number of tetrazole rings is 1. The van der Waals surface area contributed by atoms with Gasteiger partial charge in [-0.2, -0.15) is 13.6 Å². The highest BCUT2D eigenvalue weighted by atomic mass is 32.3. The van der Waals surface area contributed by atoms with Gasteiger partial charge in [0.05, 0.1) is 4.90 Å². The number of hydrogen-bond donors (Lipinski definition) is 2. The zero-order chi connectivity index (χ0) is 23.3. The Labute approximate surface area is 182 Å². The molecule has 8 nitrogen and oxygen atoms in total. The maximum atomic E-state index is 14.9. The van der Waals surface area contributed by atoms with Gasteiger partial charge in [-0.3, -0.25) is 10.1 Å². The number of carbonyl (C=O) groups excluding carboxylic acids is 1. The van der Waals surface area contributed by atoms with E-state index in [2.05, 4.69) is 25.9 Å². The molecule has 1 amide bonds. The van der Waals surface area contributed by atoms with Crippen LogP contribution in [0.25, 0.3) is 11.1 Å². The lowest BCUT2D eigenvalue weighted by Crippen LogP contribution is -2.26. The molecule has 1 aromatic heterocycles. The molecule has 1 atom stereocenters. The Bertz CT molecular complexity index is 1180. The average Bonchev–Trinajstić information content (AvgIpc) is 3.25. The van der Waals surface area contributed by atoms with Crippen molar-refractivity contribution in [1.29, 1.82) is 0 Å². The molecular formula is C20H20F3N5O3S. The Balaban J connectivity index is 1.88. The van der Waals surface area contributed by atoms with Crippen molar-refractivity contribution in [2.45, 2.75) is 37.5 Å². The standard InChI is InChI=1S/C20H20F3N5O3S/c1-2-3-5-13(19(29)24-20-25-27-28-26-20)9-16-17(21)10-14(11-18(16)22)12-6-4-7-15(8-12)32(23,30)31/h4,6-8,10-11,13H,2-3,5,9H2,1H3,(H2,24,25,26,27,28,29)/t13-/m0/s1. The first-order valence-electron chi connectivity index (χ1n) is 9.76. The van der Waals surface area contributed by atoms with E-state index in [0.717, 1.165) is 30.7 Å². The fraction of sp³-hybridized carbons (Fsp3) is 0.300. The van der Waals surface area contributed by atoms with E-state index in [-0.39, 0.29) is 29.1 Å². The number of benzene rings is 2. The van der Waals surface area contributed by atoms with Crippen LogP contribution in [0, 0.1) is 17.6 Å². The van der Waals surface area contributed by atoms with Gasteiger partial charge < -0.3 is 0 Å². The fourth-order valence-electron chi connectivity index (χ4n) is 3.24. The molecule has 12 heteroatoms. The van der Waals surface area contributed by atoms with Gasteiger partial charge >= 0.3 is 10.2 Å². The van der Waals surface area contributed by atoms with Crippen molar-refractivity contribution in [3.8, 4) is 11.1 Å². The van der Waals surface area contributed by atoms with Crippen molar-refractivity contribution in [3.63, 3.8) is 0 Å². The summed E-state index contributed by atoms with van der Waals surface area (Å²) in [7, 11) is -4.97. The molecule has 0 saturated carbocycles. The molecule has 0 spiro atoms. The molecule has 32 heavy (non-hydrogen) atoms. The number of H-pyrrole nitrogens is 1. The molecule has 170 valence electrons. The first-order chi connectivity index (χ1) is 15.2. The molecule has 0 saturated heterocycles. The van der Waals surface area contributed by atoms with Gasteiger partial charge in [0, 0.05) is 11.5 Å². The van der Waals surface area contributed by atoms with Gasteiger partial charge in [0.25, 0.3) is 5.95 Å². The predicted octanol–water partition coefficient (Wildman–Crippen LogP) is 3.79. The Morgan fingerprint density at radius 2 is 1.88 bits per heavy atom. The normalized spacial score (nSPS) is 12.5. The summed E-state index contributed by atoms with van der Waals surface area (Å²) in [4.78, 5) is 12.0. The number of halogens is 3.